The van der Waals surface area contributed by atoms with Crippen molar-refractivity contribution < 1.29 is 9.13 Å². The molecule has 0 unspecified atom stereocenters. The van der Waals surface area contributed by atoms with E-state index in [1.54, 1.807) is 18.3 Å². The summed E-state index contributed by atoms with van der Waals surface area (Å²) in [7, 11) is 0. The number of hydrogen-bond acceptors (Lipinski definition) is 5. The fraction of sp³-hybridized carbons (Fsp3) is 0.0833. The lowest BCUT2D eigenvalue weighted by atomic mass is 10.1. The summed E-state index contributed by atoms with van der Waals surface area (Å²) < 4.78 is 18.9. The molecule has 1 N–H and O–H groups in total. The van der Waals surface area contributed by atoms with Crippen LogP contribution in [0.1, 0.15) is 16.7 Å². The summed E-state index contributed by atoms with van der Waals surface area (Å²) in [5.41, 5.74) is 7.93. The van der Waals surface area contributed by atoms with E-state index in [1.165, 1.54) is 29.0 Å². The van der Waals surface area contributed by atoms with Gasteiger partial charge in [0.05, 0.1) is 11.9 Å². The van der Waals surface area contributed by atoms with Crippen molar-refractivity contribution in [1.29, 1.82) is 0 Å². The first-order chi connectivity index (χ1) is 14.7. The molecule has 0 atom stereocenters. The SMILES string of the molecule is Cc1ccc(-c2csc(N/N=C/c3ccccc3OCc3ccc(F)cc3)n2)cc1. The van der Waals surface area contributed by atoms with Crippen LogP contribution in [0.25, 0.3) is 11.3 Å². The van der Waals surface area contributed by atoms with Crippen LogP contribution in [0.3, 0.4) is 0 Å². The number of halogens is 1. The first kappa shape index (κ1) is 19.8. The number of anilines is 1. The quantitative estimate of drug-likeness (QED) is 0.284. The summed E-state index contributed by atoms with van der Waals surface area (Å²) in [4.78, 5) is 4.58. The van der Waals surface area contributed by atoms with E-state index in [1.807, 2.05) is 29.6 Å². The van der Waals surface area contributed by atoms with Crippen LogP contribution in [0, 0.1) is 12.7 Å². The molecular formula is C24H20FN3OS. The number of aryl methyl sites for hydroxylation is 1. The first-order valence-electron chi connectivity index (χ1n) is 9.45. The maximum absolute atomic E-state index is 13.0. The van der Waals surface area contributed by atoms with E-state index in [0.29, 0.717) is 17.5 Å². The Morgan fingerprint density at radius 3 is 2.60 bits per heavy atom. The van der Waals surface area contributed by atoms with Gasteiger partial charge in [-0.1, -0.05) is 54.1 Å². The maximum atomic E-state index is 13.0. The second-order valence-corrected chi connectivity index (χ2v) is 7.58. The second-order valence-electron chi connectivity index (χ2n) is 6.73. The molecule has 4 nitrogen and oxygen atoms in total. The van der Waals surface area contributed by atoms with Gasteiger partial charge in [-0.15, -0.1) is 11.3 Å². The minimum Gasteiger partial charge on any atom is -0.488 e. The van der Waals surface area contributed by atoms with Crippen molar-refractivity contribution in [2.75, 3.05) is 5.43 Å². The average Bonchev–Trinajstić information content (AvgIpc) is 3.23. The number of hydrazone groups is 1. The number of nitrogens with zero attached hydrogens (tertiary/aromatic N) is 2. The highest BCUT2D eigenvalue weighted by Crippen LogP contribution is 2.25. The van der Waals surface area contributed by atoms with Gasteiger partial charge in [-0.25, -0.2) is 9.37 Å². The molecule has 0 saturated heterocycles. The summed E-state index contributed by atoms with van der Waals surface area (Å²) >= 11 is 1.50. The van der Waals surface area contributed by atoms with Gasteiger partial charge in [0.15, 0.2) is 0 Å². The number of thiazole rings is 1. The molecule has 1 heterocycles. The number of benzene rings is 3. The Morgan fingerprint density at radius 1 is 1.03 bits per heavy atom. The Bertz CT molecular complexity index is 1140. The minimum atomic E-state index is -0.259. The number of ether oxygens (including phenoxy) is 1. The Balaban J connectivity index is 1.40. The third kappa shape index (κ3) is 5.10. The van der Waals surface area contributed by atoms with E-state index in [0.717, 1.165) is 22.4 Å². The van der Waals surface area contributed by atoms with Crippen molar-refractivity contribution >= 4 is 22.7 Å². The largest absolute Gasteiger partial charge is 0.488 e. The van der Waals surface area contributed by atoms with Crippen LogP contribution in [0.5, 0.6) is 5.75 Å². The van der Waals surface area contributed by atoms with Gasteiger partial charge in [0.2, 0.25) is 5.13 Å². The van der Waals surface area contributed by atoms with Crippen molar-refractivity contribution in [3.63, 3.8) is 0 Å². The topological polar surface area (TPSA) is 46.5 Å². The van der Waals surface area contributed by atoms with Crippen LogP contribution >= 0.6 is 11.3 Å². The van der Waals surface area contributed by atoms with Gasteiger partial charge < -0.3 is 4.74 Å². The molecule has 150 valence electrons. The van der Waals surface area contributed by atoms with Gasteiger partial charge in [0.1, 0.15) is 18.2 Å². The van der Waals surface area contributed by atoms with Crippen LogP contribution in [-0.4, -0.2) is 11.2 Å². The van der Waals surface area contributed by atoms with E-state index in [4.69, 9.17) is 4.74 Å². The molecule has 3 aromatic carbocycles. The fourth-order valence-corrected chi connectivity index (χ4v) is 3.47. The summed E-state index contributed by atoms with van der Waals surface area (Å²) in [6.45, 7) is 2.42. The van der Waals surface area contributed by atoms with E-state index in [2.05, 4.69) is 46.7 Å². The molecule has 4 aromatic rings. The number of rotatable bonds is 7. The summed E-state index contributed by atoms with van der Waals surface area (Å²) in [5.74, 6) is 0.442. The molecule has 0 bridgehead atoms. The van der Waals surface area contributed by atoms with Crippen LogP contribution < -0.4 is 10.2 Å². The van der Waals surface area contributed by atoms with Gasteiger partial charge in [-0.3, -0.25) is 5.43 Å². The summed E-state index contributed by atoms with van der Waals surface area (Å²) in [6.07, 6.45) is 1.70. The van der Waals surface area contributed by atoms with Gasteiger partial charge >= 0.3 is 0 Å². The van der Waals surface area contributed by atoms with Crippen LogP contribution in [-0.2, 0) is 6.61 Å². The zero-order valence-electron chi connectivity index (χ0n) is 16.4. The summed E-state index contributed by atoms with van der Waals surface area (Å²) in [6, 6.07) is 22.2. The first-order valence-corrected chi connectivity index (χ1v) is 10.3. The lowest BCUT2D eigenvalue weighted by Crippen LogP contribution is -1.99. The van der Waals surface area contributed by atoms with Crippen LogP contribution in [0.15, 0.2) is 83.3 Å². The Kier molecular flexibility index (Phi) is 6.15. The van der Waals surface area contributed by atoms with Crippen LogP contribution in [0.4, 0.5) is 9.52 Å². The summed E-state index contributed by atoms with van der Waals surface area (Å²) in [5, 5.41) is 7.02. The van der Waals surface area contributed by atoms with Crippen LogP contribution in [0.2, 0.25) is 0 Å². The lowest BCUT2D eigenvalue weighted by Gasteiger charge is -2.09. The second kappa shape index (κ2) is 9.33. The highest BCUT2D eigenvalue weighted by molar-refractivity contribution is 7.14. The molecule has 0 saturated carbocycles. The van der Waals surface area contributed by atoms with Gasteiger partial charge in [0, 0.05) is 16.5 Å². The highest BCUT2D eigenvalue weighted by Gasteiger charge is 2.05. The smallest absolute Gasteiger partial charge is 0.203 e. The Hall–Kier alpha value is -3.51. The molecule has 0 aliphatic heterocycles. The molecule has 30 heavy (non-hydrogen) atoms. The van der Waals surface area contributed by atoms with E-state index in [9.17, 15) is 4.39 Å². The van der Waals surface area contributed by atoms with Crippen molar-refractivity contribution in [1.82, 2.24) is 4.98 Å². The zero-order valence-corrected chi connectivity index (χ0v) is 17.2. The monoisotopic (exact) mass is 417 g/mol. The molecule has 0 radical (unpaired) electrons. The van der Waals surface area contributed by atoms with Crippen molar-refractivity contribution in [3.8, 4) is 17.0 Å². The molecule has 1 aromatic heterocycles. The highest BCUT2D eigenvalue weighted by atomic mass is 32.1. The normalized spacial score (nSPS) is 11.0. The maximum Gasteiger partial charge on any atom is 0.203 e. The Labute approximate surface area is 178 Å². The van der Waals surface area contributed by atoms with E-state index >= 15 is 0 Å². The minimum absolute atomic E-state index is 0.259. The molecule has 0 spiro atoms. The van der Waals surface area contributed by atoms with Crippen molar-refractivity contribution in [2.24, 2.45) is 5.10 Å². The van der Waals surface area contributed by atoms with Gasteiger partial charge in [-0.05, 0) is 36.8 Å². The zero-order chi connectivity index (χ0) is 20.8. The van der Waals surface area contributed by atoms with Gasteiger partial charge in [0.25, 0.3) is 0 Å². The molecule has 0 amide bonds. The van der Waals surface area contributed by atoms with E-state index in [-0.39, 0.29) is 5.82 Å². The number of para-hydroxylation sites is 1. The Morgan fingerprint density at radius 2 is 1.80 bits per heavy atom. The molecule has 0 aliphatic rings. The predicted octanol–water partition coefficient (Wildman–Crippen LogP) is 6.28. The third-order valence-electron chi connectivity index (χ3n) is 4.44. The lowest BCUT2D eigenvalue weighted by molar-refractivity contribution is 0.305. The van der Waals surface area contributed by atoms with Gasteiger partial charge in [-0.2, -0.15) is 5.10 Å². The predicted molar refractivity (Wildman–Crippen MR) is 121 cm³/mol. The molecule has 0 aliphatic carbocycles. The third-order valence-corrected chi connectivity index (χ3v) is 5.19. The molecule has 0 fully saturated rings. The van der Waals surface area contributed by atoms with Crippen molar-refractivity contribution in [3.05, 3.63) is 101 Å². The van der Waals surface area contributed by atoms with E-state index < -0.39 is 0 Å². The standard InChI is InChI=1S/C24H20FN3OS/c1-17-6-10-19(11-7-17)22-16-30-24(27-22)28-26-14-20-4-2-3-5-23(20)29-15-18-8-12-21(25)13-9-18/h2-14,16H,15H2,1H3,(H,27,28)/b26-14+. The molecule has 4 rings (SSSR count). The van der Waals surface area contributed by atoms with Crippen molar-refractivity contribution in [2.45, 2.75) is 13.5 Å². The average molecular weight is 418 g/mol. The molecular weight excluding hydrogens is 397 g/mol. The number of nitrogens with one attached hydrogen (secondary N) is 1. The number of aromatic nitrogens is 1. The number of hydrogen-bond donors (Lipinski definition) is 1. The fourth-order valence-electron chi connectivity index (χ4n) is 2.80. The molecule has 6 heteroatoms.